The van der Waals surface area contributed by atoms with Gasteiger partial charge in [0.05, 0.1) is 4.92 Å². The number of anilines is 1. The van der Waals surface area contributed by atoms with Gasteiger partial charge in [0.1, 0.15) is 12.5 Å². The Morgan fingerprint density at radius 1 is 1.53 bits per heavy atom. The molecule has 1 fully saturated rings. The fraction of sp³-hybridized carbons (Fsp3) is 0.600. The molecule has 0 radical (unpaired) electrons. The van der Waals surface area contributed by atoms with Gasteiger partial charge in [-0.3, -0.25) is 14.8 Å². The van der Waals surface area contributed by atoms with Gasteiger partial charge in [-0.15, -0.1) is 5.10 Å². The highest BCUT2D eigenvalue weighted by Gasteiger charge is 2.27. The summed E-state index contributed by atoms with van der Waals surface area (Å²) in [5.74, 6) is 0.482. The second-order valence-electron chi connectivity index (χ2n) is 4.23. The number of carbonyl (C=O) groups excluding carboxylic acids is 1. The van der Waals surface area contributed by atoms with Crippen molar-refractivity contribution in [2.24, 2.45) is 13.0 Å². The SMILES string of the molecule is Cn1cc([N+](=O)[O-])c(N2CCC(C=O)CC2)n1. The normalized spacial score (nSPS) is 17.1. The second-order valence-corrected chi connectivity index (χ2v) is 4.23. The third-order valence-corrected chi connectivity index (χ3v) is 3.02. The van der Waals surface area contributed by atoms with E-state index in [0.29, 0.717) is 18.9 Å². The van der Waals surface area contributed by atoms with E-state index >= 15 is 0 Å². The molecule has 0 spiro atoms. The van der Waals surface area contributed by atoms with Gasteiger partial charge < -0.3 is 9.69 Å². The van der Waals surface area contributed by atoms with Gasteiger partial charge in [-0.05, 0) is 12.8 Å². The number of piperidine rings is 1. The molecule has 0 saturated carbocycles. The summed E-state index contributed by atoms with van der Waals surface area (Å²) in [4.78, 5) is 23.0. The maximum Gasteiger partial charge on any atom is 0.330 e. The molecule has 1 aromatic heterocycles. The molecular weight excluding hydrogens is 224 g/mol. The van der Waals surface area contributed by atoms with Crippen LogP contribution >= 0.6 is 0 Å². The van der Waals surface area contributed by atoms with Gasteiger partial charge in [0, 0.05) is 26.1 Å². The van der Waals surface area contributed by atoms with Crippen LogP contribution < -0.4 is 4.90 Å². The number of rotatable bonds is 3. The van der Waals surface area contributed by atoms with Crippen molar-refractivity contribution in [1.29, 1.82) is 0 Å². The highest BCUT2D eigenvalue weighted by Crippen LogP contribution is 2.29. The zero-order valence-corrected chi connectivity index (χ0v) is 9.57. The number of aryl methyl sites for hydroxylation is 1. The van der Waals surface area contributed by atoms with Crippen LogP contribution in [0.25, 0.3) is 0 Å². The molecule has 92 valence electrons. The molecule has 0 amide bonds. The lowest BCUT2D eigenvalue weighted by atomic mass is 9.99. The van der Waals surface area contributed by atoms with Crippen molar-refractivity contribution < 1.29 is 9.72 Å². The molecule has 7 nitrogen and oxygen atoms in total. The predicted octanol–water partition coefficient (Wildman–Crippen LogP) is 0.744. The first-order chi connectivity index (χ1) is 8.11. The first-order valence-electron chi connectivity index (χ1n) is 5.50. The van der Waals surface area contributed by atoms with Crippen LogP contribution in [0.4, 0.5) is 11.5 Å². The van der Waals surface area contributed by atoms with Crippen molar-refractivity contribution in [3.05, 3.63) is 16.3 Å². The van der Waals surface area contributed by atoms with Crippen LogP contribution in [-0.4, -0.2) is 34.1 Å². The van der Waals surface area contributed by atoms with E-state index in [-0.39, 0.29) is 11.6 Å². The minimum absolute atomic E-state index is 0.0250. The Morgan fingerprint density at radius 3 is 2.71 bits per heavy atom. The third-order valence-electron chi connectivity index (χ3n) is 3.02. The van der Waals surface area contributed by atoms with Crippen molar-refractivity contribution in [2.75, 3.05) is 18.0 Å². The Balaban J connectivity index is 2.18. The van der Waals surface area contributed by atoms with Gasteiger partial charge in [-0.2, -0.15) is 0 Å². The maximum atomic E-state index is 10.9. The minimum atomic E-state index is -0.422. The van der Waals surface area contributed by atoms with E-state index in [4.69, 9.17) is 0 Å². The summed E-state index contributed by atoms with van der Waals surface area (Å²) in [6.07, 6.45) is 3.83. The average Bonchev–Trinajstić information content (AvgIpc) is 2.72. The van der Waals surface area contributed by atoms with Gasteiger partial charge in [0.2, 0.25) is 5.82 Å². The molecule has 0 atom stereocenters. The smallest absolute Gasteiger partial charge is 0.330 e. The fourth-order valence-electron chi connectivity index (χ4n) is 2.07. The monoisotopic (exact) mass is 238 g/mol. The van der Waals surface area contributed by atoms with E-state index in [9.17, 15) is 14.9 Å². The molecule has 0 aliphatic carbocycles. The molecule has 0 aromatic carbocycles. The minimum Gasteiger partial charge on any atom is -0.349 e. The molecule has 7 heteroatoms. The number of aromatic nitrogens is 2. The lowest BCUT2D eigenvalue weighted by molar-refractivity contribution is -0.384. The second kappa shape index (κ2) is 4.52. The average molecular weight is 238 g/mol. The van der Waals surface area contributed by atoms with Crippen molar-refractivity contribution in [3.63, 3.8) is 0 Å². The lowest BCUT2D eigenvalue weighted by Gasteiger charge is -2.28. The number of aldehydes is 1. The Morgan fingerprint density at radius 2 is 2.18 bits per heavy atom. The first kappa shape index (κ1) is 11.6. The first-order valence-corrected chi connectivity index (χ1v) is 5.50. The number of nitro groups is 1. The molecular formula is C10H14N4O3. The van der Waals surface area contributed by atoms with E-state index < -0.39 is 4.92 Å². The summed E-state index contributed by atoms with van der Waals surface area (Å²) >= 11 is 0. The Labute approximate surface area is 98.2 Å². The van der Waals surface area contributed by atoms with Gasteiger partial charge in [-0.25, -0.2) is 0 Å². The summed E-state index contributed by atoms with van der Waals surface area (Å²) in [5, 5.41) is 15.0. The van der Waals surface area contributed by atoms with Crippen LogP contribution in [0, 0.1) is 16.0 Å². The molecule has 17 heavy (non-hydrogen) atoms. The van der Waals surface area contributed by atoms with Gasteiger partial charge in [0.25, 0.3) is 0 Å². The molecule has 0 N–H and O–H groups in total. The molecule has 2 heterocycles. The van der Waals surface area contributed by atoms with E-state index in [1.807, 2.05) is 4.90 Å². The molecule has 1 aliphatic heterocycles. The quantitative estimate of drug-likeness (QED) is 0.441. The lowest BCUT2D eigenvalue weighted by Crippen LogP contribution is -2.34. The number of carbonyl (C=O) groups is 1. The number of hydrogen-bond acceptors (Lipinski definition) is 5. The van der Waals surface area contributed by atoms with E-state index in [1.165, 1.54) is 10.9 Å². The zero-order chi connectivity index (χ0) is 12.4. The highest BCUT2D eigenvalue weighted by molar-refractivity contribution is 5.59. The maximum absolute atomic E-state index is 10.9. The number of nitrogens with zero attached hydrogens (tertiary/aromatic N) is 4. The van der Waals surface area contributed by atoms with Gasteiger partial charge in [0.15, 0.2) is 0 Å². The molecule has 1 aromatic rings. The van der Waals surface area contributed by atoms with E-state index in [2.05, 4.69) is 5.10 Å². The van der Waals surface area contributed by atoms with Gasteiger partial charge >= 0.3 is 5.69 Å². The molecule has 2 rings (SSSR count). The summed E-state index contributed by atoms with van der Waals surface area (Å²) < 4.78 is 1.44. The van der Waals surface area contributed by atoms with Gasteiger partial charge in [-0.1, -0.05) is 0 Å². The van der Waals surface area contributed by atoms with Crippen LogP contribution in [-0.2, 0) is 11.8 Å². The summed E-state index contributed by atoms with van der Waals surface area (Å²) in [6.45, 7) is 1.28. The molecule has 1 saturated heterocycles. The predicted molar refractivity (Wildman–Crippen MR) is 60.9 cm³/mol. The van der Waals surface area contributed by atoms with Crippen LogP contribution in [0.3, 0.4) is 0 Å². The standard InChI is InChI=1S/C10H14N4O3/c1-12-6-9(14(16)17)10(11-12)13-4-2-8(7-15)3-5-13/h6-8H,2-5H2,1H3. The van der Waals surface area contributed by atoms with Crippen molar-refractivity contribution in [3.8, 4) is 0 Å². The Hall–Kier alpha value is -1.92. The van der Waals surface area contributed by atoms with Crippen molar-refractivity contribution in [1.82, 2.24) is 9.78 Å². The Kier molecular flexibility index (Phi) is 3.08. The molecule has 0 bridgehead atoms. The van der Waals surface area contributed by atoms with Crippen LogP contribution in [0.5, 0.6) is 0 Å². The third kappa shape index (κ3) is 2.27. The van der Waals surface area contributed by atoms with Crippen LogP contribution in [0.1, 0.15) is 12.8 Å². The number of hydrogen-bond donors (Lipinski definition) is 0. The zero-order valence-electron chi connectivity index (χ0n) is 9.57. The van der Waals surface area contributed by atoms with Crippen LogP contribution in [0.2, 0.25) is 0 Å². The van der Waals surface area contributed by atoms with E-state index in [1.54, 1.807) is 7.05 Å². The van der Waals surface area contributed by atoms with Crippen molar-refractivity contribution in [2.45, 2.75) is 12.8 Å². The Bertz CT molecular complexity index is 435. The topological polar surface area (TPSA) is 81.3 Å². The van der Waals surface area contributed by atoms with Crippen LogP contribution in [0.15, 0.2) is 6.20 Å². The molecule has 0 unspecified atom stereocenters. The summed E-state index contributed by atoms with van der Waals surface area (Å²) in [6, 6.07) is 0. The van der Waals surface area contributed by atoms with E-state index in [0.717, 1.165) is 19.1 Å². The fourth-order valence-corrected chi connectivity index (χ4v) is 2.07. The van der Waals surface area contributed by atoms with Crippen molar-refractivity contribution >= 4 is 17.8 Å². The largest absolute Gasteiger partial charge is 0.349 e. The molecule has 1 aliphatic rings. The highest BCUT2D eigenvalue weighted by atomic mass is 16.6. The summed E-state index contributed by atoms with van der Waals surface area (Å²) in [5.41, 5.74) is 0.0250. The summed E-state index contributed by atoms with van der Waals surface area (Å²) in [7, 11) is 1.66.